The SMILES string of the molecule is CCNC(=NCc1ccc(N(CC)CC)c(F)c1)N1CCS(=O)(=O)C(C)(C)C1.I. The topological polar surface area (TPSA) is 65.0 Å². The molecule has 0 saturated carbocycles. The zero-order chi connectivity index (χ0) is 20.9. The summed E-state index contributed by atoms with van der Waals surface area (Å²) >= 11 is 0. The van der Waals surface area contributed by atoms with E-state index in [-0.39, 0.29) is 35.5 Å². The molecule has 0 aromatic heterocycles. The number of halogens is 2. The maximum Gasteiger partial charge on any atom is 0.194 e. The van der Waals surface area contributed by atoms with Gasteiger partial charge >= 0.3 is 0 Å². The molecule has 1 heterocycles. The Morgan fingerprint density at radius 3 is 2.45 bits per heavy atom. The second-order valence-corrected chi connectivity index (χ2v) is 10.4. The van der Waals surface area contributed by atoms with Crippen molar-refractivity contribution in [1.82, 2.24) is 10.2 Å². The molecule has 0 radical (unpaired) electrons. The smallest absolute Gasteiger partial charge is 0.194 e. The number of sulfone groups is 1. The van der Waals surface area contributed by atoms with Crippen LogP contribution in [0.4, 0.5) is 10.1 Å². The lowest BCUT2D eigenvalue weighted by atomic mass is 10.1. The molecule has 0 unspecified atom stereocenters. The molecule has 1 N–H and O–H groups in total. The molecule has 166 valence electrons. The van der Waals surface area contributed by atoms with Gasteiger partial charge < -0.3 is 15.1 Å². The van der Waals surface area contributed by atoms with Crippen LogP contribution in [0.3, 0.4) is 0 Å². The van der Waals surface area contributed by atoms with E-state index in [4.69, 9.17) is 0 Å². The minimum absolute atomic E-state index is 0. The Morgan fingerprint density at radius 1 is 1.28 bits per heavy atom. The van der Waals surface area contributed by atoms with Gasteiger partial charge in [0.1, 0.15) is 5.82 Å². The molecule has 1 aromatic carbocycles. The van der Waals surface area contributed by atoms with Crippen LogP contribution in [0.2, 0.25) is 0 Å². The third-order valence-electron chi connectivity index (χ3n) is 5.21. The highest BCUT2D eigenvalue weighted by Gasteiger charge is 2.40. The lowest BCUT2D eigenvalue weighted by Crippen LogP contribution is -2.57. The van der Waals surface area contributed by atoms with Crippen molar-refractivity contribution >= 4 is 45.5 Å². The van der Waals surface area contributed by atoms with Crippen molar-refractivity contribution in [1.29, 1.82) is 0 Å². The fourth-order valence-corrected chi connectivity index (χ4v) is 4.75. The van der Waals surface area contributed by atoms with E-state index in [0.29, 0.717) is 37.8 Å². The maximum absolute atomic E-state index is 14.5. The number of hydrogen-bond donors (Lipinski definition) is 1. The fourth-order valence-electron chi connectivity index (χ4n) is 3.39. The molecule has 0 amide bonds. The van der Waals surface area contributed by atoms with Crippen LogP contribution in [0.5, 0.6) is 0 Å². The molecular weight excluding hydrogens is 506 g/mol. The van der Waals surface area contributed by atoms with E-state index in [9.17, 15) is 12.8 Å². The first kappa shape index (κ1) is 25.9. The highest BCUT2D eigenvalue weighted by Crippen LogP contribution is 2.24. The Balaban J connectivity index is 0.00000420. The van der Waals surface area contributed by atoms with Crippen LogP contribution in [0.15, 0.2) is 23.2 Å². The Bertz CT molecular complexity index is 811. The molecule has 1 aliphatic rings. The van der Waals surface area contributed by atoms with Crippen molar-refractivity contribution < 1.29 is 12.8 Å². The summed E-state index contributed by atoms with van der Waals surface area (Å²) in [6.45, 7) is 12.8. The van der Waals surface area contributed by atoms with E-state index in [2.05, 4.69) is 10.3 Å². The second kappa shape index (κ2) is 10.8. The quantitative estimate of drug-likeness (QED) is 0.341. The molecule has 0 spiro atoms. The van der Waals surface area contributed by atoms with Gasteiger partial charge in [-0.2, -0.15) is 0 Å². The standard InChI is InChI=1S/C20H33FN4O2S.HI/c1-6-22-19(25-11-12-28(26,27)20(4,5)15-25)23-14-16-9-10-18(17(21)13-16)24(7-2)8-3;/h9-10,13H,6-8,11-12,14-15H2,1-5H3,(H,22,23);1H. The molecule has 1 saturated heterocycles. The van der Waals surface area contributed by atoms with Crippen LogP contribution in [0.25, 0.3) is 0 Å². The van der Waals surface area contributed by atoms with E-state index in [0.717, 1.165) is 18.7 Å². The van der Waals surface area contributed by atoms with Crippen molar-refractivity contribution in [2.24, 2.45) is 4.99 Å². The summed E-state index contributed by atoms with van der Waals surface area (Å²) in [4.78, 5) is 8.59. The number of benzene rings is 1. The van der Waals surface area contributed by atoms with Gasteiger partial charge in [0.15, 0.2) is 15.8 Å². The average molecular weight is 540 g/mol. The van der Waals surface area contributed by atoms with Crippen LogP contribution in [-0.2, 0) is 16.4 Å². The van der Waals surface area contributed by atoms with Gasteiger partial charge in [-0.15, -0.1) is 24.0 Å². The molecule has 6 nitrogen and oxygen atoms in total. The van der Waals surface area contributed by atoms with Crippen LogP contribution < -0.4 is 10.2 Å². The van der Waals surface area contributed by atoms with Gasteiger partial charge in [-0.25, -0.2) is 17.8 Å². The van der Waals surface area contributed by atoms with Gasteiger partial charge in [0.25, 0.3) is 0 Å². The molecule has 2 rings (SSSR count). The minimum atomic E-state index is -3.11. The number of nitrogens with zero attached hydrogens (tertiary/aromatic N) is 3. The molecule has 0 bridgehead atoms. The Kier molecular flexibility index (Phi) is 9.65. The molecular formula is C20H34FIN4O2S. The van der Waals surface area contributed by atoms with Gasteiger partial charge in [-0.05, 0) is 52.3 Å². The summed E-state index contributed by atoms with van der Waals surface area (Å²) in [5.74, 6) is 0.530. The van der Waals surface area contributed by atoms with E-state index in [1.807, 2.05) is 36.6 Å². The Labute approximate surface area is 191 Å². The van der Waals surface area contributed by atoms with Crippen LogP contribution in [0, 0.1) is 5.82 Å². The fraction of sp³-hybridized carbons (Fsp3) is 0.650. The second-order valence-electron chi connectivity index (χ2n) is 7.63. The average Bonchev–Trinajstić information content (AvgIpc) is 2.63. The summed E-state index contributed by atoms with van der Waals surface area (Å²) in [6.07, 6.45) is 0. The predicted molar refractivity (Wildman–Crippen MR) is 130 cm³/mol. The number of anilines is 1. The third kappa shape index (κ3) is 6.19. The lowest BCUT2D eigenvalue weighted by Gasteiger charge is -2.39. The van der Waals surface area contributed by atoms with Crippen molar-refractivity contribution in [3.63, 3.8) is 0 Å². The highest BCUT2D eigenvalue weighted by molar-refractivity contribution is 14.0. The normalized spacial score (nSPS) is 18.1. The lowest BCUT2D eigenvalue weighted by molar-refractivity contribution is 0.353. The summed E-state index contributed by atoms with van der Waals surface area (Å²) < 4.78 is 38.2. The maximum atomic E-state index is 14.5. The molecule has 29 heavy (non-hydrogen) atoms. The van der Waals surface area contributed by atoms with Crippen LogP contribution in [0.1, 0.15) is 40.2 Å². The van der Waals surface area contributed by atoms with Crippen LogP contribution >= 0.6 is 24.0 Å². The number of hydrogen-bond acceptors (Lipinski definition) is 4. The van der Waals surface area contributed by atoms with E-state index >= 15 is 0 Å². The van der Waals surface area contributed by atoms with Gasteiger partial charge in [0.05, 0.1) is 22.7 Å². The minimum Gasteiger partial charge on any atom is -0.370 e. The zero-order valence-corrected chi connectivity index (χ0v) is 21.2. The Morgan fingerprint density at radius 2 is 1.93 bits per heavy atom. The van der Waals surface area contributed by atoms with Gasteiger partial charge in [-0.3, -0.25) is 0 Å². The summed E-state index contributed by atoms with van der Waals surface area (Å²) in [7, 11) is -3.11. The third-order valence-corrected chi connectivity index (χ3v) is 7.74. The molecule has 9 heteroatoms. The van der Waals surface area contributed by atoms with Crippen molar-refractivity contribution in [2.75, 3.05) is 43.4 Å². The summed E-state index contributed by atoms with van der Waals surface area (Å²) in [5, 5.41) is 3.23. The largest absolute Gasteiger partial charge is 0.370 e. The van der Waals surface area contributed by atoms with E-state index < -0.39 is 14.6 Å². The van der Waals surface area contributed by atoms with Crippen molar-refractivity contribution in [3.05, 3.63) is 29.6 Å². The van der Waals surface area contributed by atoms with Gasteiger partial charge in [0, 0.05) is 32.7 Å². The predicted octanol–water partition coefficient (Wildman–Crippen LogP) is 3.26. The highest BCUT2D eigenvalue weighted by atomic mass is 127. The van der Waals surface area contributed by atoms with Crippen LogP contribution in [-0.4, -0.2) is 62.5 Å². The van der Waals surface area contributed by atoms with Gasteiger partial charge in [0.2, 0.25) is 0 Å². The summed E-state index contributed by atoms with van der Waals surface area (Å²) in [5.41, 5.74) is 1.39. The van der Waals surface area contributed by atoms with Crippen molar-refractivity contribution in [3.8, 4) is 0 Å². The zero-order valence-electron chi connectivity index (χ0n) is 18.0. The molecule has 1 aromatic rings. The Hall–Kier alpha value is -1.10. The van der Waals surface area contributed by atoms with E-state index in [1.54, 1.807) is 19.9 Å². The first-order valence-corrected chi connectivity index (χ1v) is 11.6. The number of aliphatic imine (C=N–C) groups is 1. The number of nitrogens with one attached hydrogen (secondary N) is 1. The first-order chi connectivity index (χ1) is 13.1. The van der Waals surface area contributed by atoms with E-state index in [1.165, 1.54) is 6.07 Å². The molecule has 1 aliphatic heterocycles. The molecule has 0 aliphatic carbocycles. The first-order valence-electron chi connectivity index (χ1n) is 9.94. The number of guanidine groups is 1. The monoisotopic (exact) mass is 540 g/mol. The van der Waals surface area contributed by atoms with Crippen molar-refractivity contribution in [2.45, 2.75) is 45.9 Å². The molecule has 1 fully saturated rings. The van der Waals surface area contributed by atoms with Gasteiger partial charge in [-0.1, -0.05) is 6.07 Å². The number of rotatable bonds is 6. The summed E-state index contributed by atoms with van der Waals surface area (Å²) in [6, 6.07) is 5.23. The molecule has 0 atom stereocenters.